The summed E-state index contributed by atoms with van der Waals surface area (Å²) in [5.41, 5.74) is 0. The van der Waals surface area contributed by atoms with E-state index in [9.17, 15) is 19.5 Å². The van der Waals surface area contributed by atoms with Crippen molar-refractivity contribution in [2.45, 2.75) is 238 Å². The molecule has 9 heteroatoms. The number of carbonyl (C=O) groups excluding carboxylic acids is 2. The molecule has 432 valence electrons. The zero-order valence-electron chi connectivity index (χ0n) is 49.1. The lowest BCUT2D eigenvalue weighted by molar-refractivity contribution is -0.870. The molecule has 0 fully saturated rings. The Hall–Kier alpha value is -4.31. The smallest absolute Gasteiger partial charge is 0.361 e. The molecule has 0 aromatic rings. The Morgan fingerprint density at radius 2 is 0.750 bits per heavy atom. The monoisotopic (exact) mass is 1060 g/mol. The van der Waals surface area contributed by atoms with Crippen LogP contribution in [0.25, 0.3) is 0 Å². The van der Waals surface area contributed by atoms with Crippen LogP contribution >= 0.6 is 0 Å². The van der Waals surface area contributed by atoms with Crippen LogP contribution in [-0.2, 0) is 33.3 Å². The molecule has 0 bridgehead atoms. The highest BCUT2D eigenvalue weighted by atomic mass is 16.7. The first-order chi connectivity index (χ1) is 37.1. The largest absolute Gasteiger partial charge is 0.477 e. The number of aliphatic carboxylic acids is 1. The van der Waals surface area contributed by atoms with Crippen molar-refractivity contribution in [1.29, 1.82) is 0 Å². The molecule has 0 amide bonds. The molecule has 9 nitrogen and oxygen atoms in total. The molecular formula is C67H112NO8+. The average Bonchev–Trinajstić information content (AvgIpc) is 3.39. The number of esters is 2. The van der Waals surface area contributed by atoms with Crippen molar-refractivity contribution >= 4 is 17.9 Å². The van der Waals surface area contributed by atoms with Gasteiger partial charge in [0.15, 0.2) is 6.10 Å². The molecule has 0 aliphatic carbocycles. The molecule has 2 unspecified atom stereocenters. The van der Waals surface area contributed by atoms with Crippen molar-refractivity contribution in [2.24, 2.45) is 0 Å². The lowest BCUT2D eigenvalue weighted by Gasteiger charge is -2.25. The molecule has 76 heavy (non-hydrogen) atoms. The zero-order valence-corrected chi connectivity index (χ0v) is 49.1. The third-order valence-electron chi connectivity index (χ3n) is 12.5. The number of unbranched alkanes of at least 4 members (excludes halogenated alkanes) is 19. The van der Waals surface area contributed by atoms with Crippen molar-refractivity contribution < 1.29 is 42.9 Å². The van der Waals surface area contributed by atoms with E-state index >= 15 is 0 Å². The zero-order chi connectivity index (χ0) is 55.5. The molecule has 0 aliphatic heterocycles. The summed E-state index contributed by atoms with van der Waals surface area (Å²) in [7, 11) is 5.95. The van der Waals surface area contributed by atoms with Crippen LogP contribution in [0.4, 0.5) is 0 Å². The van der Waals surface area contributed by atoms with Crippen molar-refractivity contribution in [2.75, 3.05) is 47.5 Å². The van der Waals surface area contributed by atoms with Crippen LogP contribution in [0, 0.1) is 0 Å². The maximum absolute atomic E-state index is 12.9. The maximum Gasteiger partial charge on any atom is 0.361 e. The first-order valence-electron chi connectivity index (χ1n) is 30.2. The van der Waals surface area contributed by atoms with Crippen LogP contribution in [0.15, 0.2) is 122 Å². The van der Waals surface area contributed by atoms with E-state index in [4.69, 9.17) is 18.9 Å². The molecule has 0 aromatic heterocycles. The molecule has 0 rings (SSSR count). The average molecular weight is 1060 g/mol. The Balaban J connectivity index is 4.34. The number of carboxylic acids is 1. The van der Waals surface area contributed by atoms with Crippen molar-refractivity contribution in [3.05, 3.63) is 122 Å². The summed E-state index contributed by atoms with van der Waals surface area (Å²) < 4.78 is 22.8. The fourth-order valence-electron chi connectivity index (χ4n) is 7.86. The van der Waals surface area contributed by atoms with Crippen LogP contribution in [0.2, 0.25) is 0 Å². The number of allylic oxidation sites excluding steroid dienone is 20. The number of ether oxygens (including phenoxy) is 4. The highest BCUT2D eigenvalue weighted by Crippen LogP contribution is 2.16. The van der Waals surface area contributed by atoms with E-state index in [1.54, 1.807) is 0 Å². The van der Waals surface area contributed by atoms with Gasteiger partial charge < -0.3 is 28.5 Å². The van der Waals surface area contributed by atoms with Gasteiger partial charge >= 0.3 is 17.9 Å². The molecule has 0 saturated heterocycles. The molecule has 0 saturated carbocycles. The van der Waals surface area contributed by atoms with E-state index in [0.29, 0.717) is 17.4 Å². The van der Waals surface area contributed by atoms with Gasteiger partial charge in [0.2, 0.25) is 0 Å². The molecule has 0 aromatic carbocycles. The van der Waals surface area contributed by atoms with Crippen LogP contribution in [0.5, 0.6) is 0 Å². The van der Waals surface area contributed by atoms with Gasteiger partial charge in [0.25, 0.3) is 6.29 Å². The minimum atomic E-state index is -1.53. The highest BCUT2D eigenvalue weighted by Gasteiger charge is 2.25. The van der Waals surface area contributed by atoms with Crippen LogP contribution in [-0.4, -0.2) is 87.4 Å². The summed E-state index contributed by atoms with van der Waals surface area (Å²) in [4.78, 5) is 37.4. The van der Waals surface area contributed by atoms with Gasteiger partial charge in [-0.2, -0.15) is 0 Å². The topological polar surface area (TPSA) is 108 Å². The number of hydrogen-bond donors (Lipinski definition) is 1. The minimum absolute atomic E-state index is 0.174. The molecule has 1 N–H and O–H groups in total. The van der Waals surface area contributed by atoms with Crippen LogP contribution in [0.1, 0.15) is 226 Å². The predicted octanol–water partition coefficient (Wildman–Crippen LogP) is 18.1. The third kappa shape index (κ3) is 57.4. The Morgan fingerprint density at radius 1 is 0.408 bits per heavy atom. The molecular weight excluding hydrogens is 947 g/mol. The van der Waals surface area contributed by atoms with E-state index in [1.165, 1.54) is 96.3 Å². The Labute approximate surface area is 466 Å². The Morgan fingerprint density at radius 3 is 1.12 bits per heavy atom. The summed E-state index contributed by atoms with van der Waals surface area (Å²) in [5, 5.41) is 9.70. The van der Waals surface area contributed by atoms with E-state index in [2.05, 4.69) is 135 Å². The number of likely N-dealkylation sites (N-methyl/N-ethyl adjacent to an activating group) is 1. The number of quaternary nitrogens is 1. The summed E-state index contributed by atoms with van der Waals surface area (Å²) in [6, 6.07) is 0. The first-order valence-corrected chi connectivity index (χ1v) is 30.2. The summed E-state index contributed by atoms with van der Waals surface area (Å²) >= 11 is 0. The minimum Gasteiger partial charge on any atom is -0.477 e. The van der Waals surface area contributed by atoms with Gasteiger partial charge in [0.1, 0.15) is 13.2 Å². The second-order valence-electron chi connectivity index (χ2n) is 20.9. The molecule has 0 spiro atoms. The second kappa shape index (κ2) is 56.9. The second-order valence-corrected chi connectivity index (χ2v) is 20.9. The molecule has 0 aliphatic rings. The SMILES string of the molecule is CC/C=C\C/C=C\C/C=C\C/C=C\C/C=C\C/C=C\C/C=C\C/C=C\C/C=C\C/C=C\CCCCC(=O)OC(COC(=O)CCCCCCCCCCCCCCCCCCCC)COC(OCC[N+](C)(C)C)C(=O)O. The van der Waals surface area contributed by atoms with Crippen LogP contribution < -0.4 is 0 Å². The Bertz CT molecular complexity index is 1660. The summed E-state index contributed by atoms with van der Waals surface area (Å²) in [5.74, 6) is -2.07. The van der Waals surface area contributed by atoms with Gasteiger partial charge in [-0.25, -0.2) is 4.79 Å². The molecule has 0 heterocycles. The van der Waals surface area contributed by atoms with E-state index in [1.807, 2.05) is 21.1 Å². The van der Waals surface area contributed by atoms with E-state index in [0.717, 1.165) is 96.3 Å². The third-order valence-corrected chi connectivity index (χ3v) is 12.5. The van der Waals surface area contributed by atoms with Gasteiger partial charge in [-0.1, -0.05) is 245 Å². The molecule has 2 atom stereocenters. The van der Waals surface area contributed by atoms with Gasteiger partial charge in [-0.05, 0) is 89.9 Å². The van der Waals surface area contributed by atoms with Gasteiger partial charge in [-0.15, -0.1) is 0 Å². The number of nitrogens with zero attached hydrogens (tertiary/aromatic N) is 1. The van der Waals surface area contributed by atoms with Gasteiger partial charge in [0.05, 0.1) is 34.4 Å². The number of hydrogen-bond acceptors (Lipinski definition) is 7. The predicted molar refractivity (Wildman–Crippen MR) is 322 cm³/mol. The number of carboxylic acid groups (broad SMARTS) is 1. The van der Waals surface area contributed by atoms with Crippen LogP contribution in [0.3, 0.4) is 0 Å². The number of carbonyl (C=O) groups is 3. The fraction of sp³-hybridized carbons (Fsp3) is 0.657. The summed E-state index contributed by atoms with van der Waals surface area (Å²) in [6.07, 6.45) is 77.1. The quantitative estimate of drug-likeness (QED) is 0.0211. The highest BCUT2D eigenvalue weighted by molar-refractivity contribution is 5.71. The van der Waals surface area contributed by atoms with Crippen molar-refractivity contribution in [3.63, 3.8) is 0 Å². The van der Waals surface area contributed by atoms with Crippen molar-refractivity contribution in [3.8, 4) is 0 Å². The molecule has 0 radical (unpaired) electrons. The van der Waals surface area contributed by atoms with E-state index < -0.39 is 24.3 Å². The van der Waals surface area contributed by atoms with Gasteiger partial charge in [0, 0.05) is 12.8 Å². The summed E-state index contributed by atoms with van der Waals surface area (Å²) in [6.45, 7) is 4.71. The lowest BCUT2D eigenvalue weighted by Crippen LogP contribution is -2.40. The maximum atomic E-state index is 12.9. The number of rotatable bonds is 54. The fourth-order valence-corrected chi connectivity index (χ4v) is 7.86. The van der Waals surface area contributed by atoms with Gasteiger partial charge in [-0.3, -0.25) is 9.59 Å². The standard InChI is InChI=1S/C67H111NO8/c1-6-8-10-12-14-16-18-20-22-24-26-27-28-29-30-31-32-33-34-35-36-37-38-39-40-42-44-46-48-50-52-54-56-58-65(70)76-63(62-75-67(66(71)72)73-60-59-68(3,4)5)61-74-64(69)57-55-53-51-49-47-45-43-41-25-23-21-19-17-15-13-11-9-7-2/h8,10,14,16,20,22,26-27,29-30,32-33,35-36,38-39,42,44,48,50,63,67H,6-7,9,11-13,15,17-19,21,23-25,28,31,34,37,40-41,43,45-47,49,51-62H2,1-5H3/p+1/b10-8-,16-14-,22-20-,27-26-,30-29-,33-32-,36-35-,39-38-,44-42-,50-48-. The van der Waals surface area contributed by atoms with Crippen molar-refractivity contribution in [1.82, 2.24) is 0 Å². The lowest BCUT2D eigenvalue weighted by atomic mass is 10.0. The first kappa shape index (κ1) is 71.7. The van der Waals surface area contributed by atoms with E-state index in [-0.39, 0.29) is 38.6 Å². The normalized spacial score (nSPS) is 13.6. The Kier molecular flexibility index (Phi) is 53.7.